The van der Waals surface area contributed by atoms with E-state index in [4.69, 9.17) is 4.74 Å². The highest BCUT2D eigenvalue weighted by Gasteiger charge is 2.10. The molecule has 0 aliphatic carbocycles. The Morgan fingerprint density at radius 3 is 2.67 bits per heavy atom. The zero-order valence-corrected chi connectivity index (χ0v) is 13.0. The molecule has 118 valence electrons. The summed E-state index contributed by atoms with van der Waals surface area (Å²) in [7, 11) is 0. The number of hydrogen-bond donors (Lipinski definition) is 0. The molecular formula is C19H16N4O. The third-order valence-electron chi connectivity index (χ3n) is 3.81. The molecule has 0 N–H and O–H groups in total. The van der Waals surface area contributed by atoms with Gasteiger partial charge >= 0.3 is 0 Å². The maximum absolute atomic E-state index is 6.01. The van der Waals surface area contributed by atoms with Crippen molar-refractivity contribution in [2.45, 2.75) is 6.42 Å². The molecular weight excluding hydrogens is 300 g/mol. The van der Waals surface area contributed by atoms with Gasteiger partial charge in [0.15, 0.2) is 0 Å². The lowest BCUT2D eigenvalue weighted by molar-refractivity contribution is 0.323. The Kier molecular flexibility index (Phi) is 3.90. The summed E-state index contributed by atoms with van der Waals surface area (Å²) in [5, 5.41) is 7.88. The van der Waals surface area contributed by atoms with Crippen LogP contribution in [0.25, 0.3) is 17.0 Å². The second kappa shape index (κ2) is 6.50. The Morgan fingerprint density at radius 1 is 0.958 bits per heavy atom. The topological polar surface area (TPSA) is 52.3 Å². The first kappa shape index (κ1) is 14.4. The first-order chi connectivity index (χ1) is 11.9. The summed E-state index contributed by atoms with van der Waals surface area (Å²) in [5.74, 6) is 1.40. The summed E-state index contributed by atoms with van der Waals surface area (Å²) in [5.41, 5.74) is 3.04. The lowest BCUT2D eigenvalue weighted by Gasteiger charge is -2.10. The van der Waals surface area contributed by atoms with Crippen molar-refractivity contribution in [3.05, 3.63) is 78.8 Å². The van der Waals surface area contributed by atoms with E-state index in [0.29, 0.717) is 12.4 Å². The number of fused-ring (bicyclic) bond motifs is 1. The monoisotopic (exact) mass is 316 g/mol. The average Bonchev–Trinajstić information content (AvgIpc) is 3.07. The van der Waals surface area contributed by atoms with Crippen molar-refractivity contribution in [3.63, 3.8) is 0 Å². The lowest BCUT2D eigenvalue weighted by atomic mass is 10.1. The van der Waals surface area contributed by atoms with Gasteiger partial charge in [0.1, 0.15) is 5.75 Å². The van der Waals surface area contributed by atoms with E-state index in [9.17, 15) is 0 Å². The molecule has 0 unspecified atom stereocenters. The first-order valence-corrected chi connectivity index (χ1v) is 7.83. The fourth-order valence-corrected chi connectivity index (χ4v) is 2.61. The van der Waals surface area contributed by atoms with Crippen LogP contribution in [0.3, 0.4) is 0 Å². The number of para-hydroxylation sites is 1. The van der Waals surface area contributed by atoms with Gasteiger partial charge in [-0.3, -0.25) is 4.40 Å². The van der Waals surface area contributed by atoms with Gasteiger partial charge in [-0.2, -0.15) is 5.10 Å². The quantitative estimate of drug-likeness (QED) is 0.566. The molecule has 24 heavy (non-hydrogen) atoms. The van der Waals surface area contributed by atoms with E-state index in [2.05, 4.69) is 27.3 Å². The van der Waals surface area contributed by atoms with Gasteiger partial charge in [-0.25, -0.2) is 4.98 Å². The second-order valence-electron chi connectivity index (χ2n) is 5.43. The Morgan fingerprint density at radius 2 is 1.79 bits per heavy atom. The molecule has 0 radical (unpaired) electrons. The Balaban J connectivity index is 1.56. The third kappa shape index (κ3) is 2.96. The van der Waals surface area contributed by atoms with Crippen molar-refractivity contribution in [2.75, 3.05) is 6.61 Å². The van der Waals surface area contributed by atoms with Crippen LogP contribution in [0.5, 0.6) is 5.75 Å². The van der Waals surface area contributed by atoms with Crippen molar-refractivity contribution in [1.82, 2.24) is 19.6 Å². The highest BCUT2D eigenvalue weighted by Crippen LogP contribution is 2.29. The Hall–Kier alpha value is -3.21. The Bertz CT molecular complexity index is 917. The number of aromatic nitrogens is 4. The predicted octanol–water partition coefficient (Wildman–Crippen LogP) is 3.41. The molecule has 0 spiro atoms. The molecule has 0 atom stereocenters. The highest BCUT2D eigenvalue weighted by molar-refractivity contribution is 5.68. The van der Waals surface area contributed by atoms with Crippen molar-refractivity contribution in [3.8, 4) is 17.0 Å². The minimum atomic E-state index is 0.576. The second-order valence-corrected chi connectivity index (χ2v) is 5.43. The van der Waals surface area contributed by atoms with E-state index in [1.165, 1.54) is 5.56 Å². The van der Waals surface area contributed by atoms with Crippen LogP contribution in [0.15, 0.2) is 73.2 Å². The lowest BCUT2D eigenvalue weighted by Crippen LogP contribution is -2.02. The molecule has 5 heteroatoms. The number of nitrogens with zero attached hydrogens (tertiary/aromatic N) is 4. The third-order valence-corrected chi connectivity index (χ3v) is 3.81. The van der Waals surface area contributed by atoms with Gasteiger partial charge in [-0.15, -0.1) is 5.10 Å². The average molecular weight is 316 g/mol. The van der Waals surface area contributed by atoms with Crippen LogP contribution in [0.4, 0.5) is 0 Å². The van der Waals surface area contributed by atoms with Crippen molar-refractivity contribution >= 4 is 5.78 Å². The minimum absolute atomic E-state index is 0.576. The summed E-state index contributed by atoms with van der Waals surface area (Å²) in [6.45, 7) is 0.619. The van der Waals surface area contributed by atoms with Gasteiger partial charge in [-0.05, 0) is 17.7 Å². The number of rotatable bonds is 5. The fourth-order valence-electron chi connectivity index (χ4n) is 2.61. The van der Waals surface area contributed by atoms with Crippen molar-refractivity contribution in [1.29, 1.82) is 0 Å². The molecule has 0 aliphatic rings. The van der Waals surface area contributed by atoms with Gasteiger partial charge in [0.05, 0.1) is 18.5 Å². The summed E-state index contributed by atoms with van der Waals surface area (Å²) in [4.78, 5) is 4.52. The minimum Gasteiger partial charge on any atom is -0.493 e. The summed E-state index contributed by atoms with van der Waals surface area (Å²) in [6, 6.07) is 18.2. The van der Waals surface area contributed by atoms with E-state index < -0.39 is 0 Å². The number of imidazole rings is 1. The van der Waals surface area contributed by atoms with Crippen LogP contribution in [-0.4, -0.2) is 26.2 Å². The smallest absolute Gasteiger partial charge is 0.254 e. The van der Waals surface area contributed by atoms with Crippen LogP contribution in [0, 0.1) is 0 Å². The Labute approximate surface area is 139 Å². The molecule has 5 nitrogen and oxygen atoms in total. The van der Waals surface area contributed by atoms with Crippen molar-refractivity contribution < 1.29 is 4.74 Å². The summed E-state index contributed by atoms with van der Waals surface area (Å²) < 4.78 is 7.86. The zero-order valence-electron chi connectivity index (χ0n) is 13.0. The summed E-state index contributed by atoms with van der Waals surface area (Å²) >= 11 is 0. The molecule has 0 bridgehead atoms. The van der Waals surface area contributed by atoms with Crippen LogP contribution < -0.4 is 4.74 Å². The van der Waals surface area contributed by atoms with Gasteiger partial charge in [0.25, 0.3) is 5.78 Å². The zero-order chi connectivity index (χ0) is 16.2. The van der Waals surface area contributed by atoms with Gasteiger partial charge in [0, 0.05) is 24.4 Å². The van der Waals surface area contributed by atoms with E-state index in [-0.39, 0.29) is 0 Å². The molecule has 4 aromatic rings. The van der Waals surface area contributed by atoms with E-state index in [0.717, 1.165) is 23.4 Å². The van der Waals surface area contributed by atoms with Gasteiger partial charge in [-0.1, -0.05) is 42.5 Å². The van der Waals surface area contributed by atoms with Gasteiger partial charge < -0.3 is 4.74 Å². The highest BCUT2D eigenvalue weighted by atomic mass is 16.5. The normalized spacial score (nSPS) is 10.8. The number of ether oxygens (including phenoxy) is 1. The molecule has 0 saturated heterocycles. The van der Waals surface area contributed by atoms with Crippen LogP contribution in [-0.2, 0) is 6.42 Å². The first-order valence-electron chi connectivity index (χ1n) is 7.83. The van der Waals surface area contributed by atoms with Crippen LogP contribution >= 0.6 is 0 Å². The molecule has 0 saturated carbocycles. The van der Waals surface area contributed by atoms with Crippen LogP contribution in [0.2, 0.25) is 0 Å². The maximum Gasteiger partial charge on any atom is 0.254 e. The molecule has 2 heterocycles. The maximum atomic E-state index is 6.01. The largest absolute Gasteiger partial charge is 0.493 e. The molecule has 2 aromatic carbocycles. The standard InChI is InChI=1S/C19H16N4O/c1-2-6-15(7-3-1)10-13-24-18-9-5-4-8-16(18)17-14-23-12-11-20-22-19(23)21-17/h1-9,11-12,14H,10,13H2. The molecule has 2 aromatic heterocycles. The molecule has 0 amide bonds. The molecule has 0 fully saturated rings. The predicted molar refractivity (Wildman–Crippen MR) is 91.9 cm³/mol. The summed E-state index contributed by atoms with van der Waals surface area (Å²) in [6.07, 6.45) is 6.27. The number of hydrogen-bond acceptors (Lipinski definition) is 4. The van der Waals surface area contributed by atoms with E-state index in [1.807, 2.05) is 59.3 Å². The van der Waals surface area contributed by atoms with Gasteiger partial charge in [0.2, 0.25) is 0 Å². The SMILES string of the molecule is c1ccc(CCOc2ccccc2-c2cn3ccnnc3n2)cc1. The van der Waals surface area contributed by atoms with Crippen LogP contribution in [0.1, 0.15) is 5.56 Å². The van der Waals surface area contributed by atoms with Crippen molar-refractivity contribution in [2.24, 2.45) is 0 Å². The van der Waals surface area contributed by atoms with E-state index in [1.54, 1.807) is 6.20 Å². The molecule has 0 aliphatic heterocycles. The number of benzene rings is 2. The molecule has 4 rings (SSSR count). The van der Waals surface area contributed by atoms with E-state index >= 15 is 0 Å². The fraction of sp³-hybridized carbons (Fsp3) is 0.105.